The summed E-state index contributed by atoms with van der Waals surface area (Å²) in [4.78, 5) is 0. The number of hydrogen-bond acceptors (Lipinski definition) is 6. The lowest BCUT2D eigenvalue weighted by molar-refractivity contribution is 0.242. The molecule has 2 aromatic carbocycles. The van der Waals surface area contributed by atoms with Gasteiger partial charge in [-0.05, 0) is 56.0 Å². The maximum Gasteiger partial charge on any atom is 0.148 e. The molecule has 33 heavy (non-hydrogen) atoms. The third kappa shape index (κ3) is 5.01. The van der Waals surface area contributed by atoms with Crippen molar-refractivity contribution in [2.45, 2.75) is 45.8 Å². The van der Waals surface area contributed by atoms with E-state index in [1.54, 1.807) is 0 Å². The van der Waals surface area contributed by atoms with Gasteiger partial charge in [0, 0.05) is 35.4 Å². The minimum Gasteiger partial charge on any atom is -0.490 e. The first-order valence-electron chi connectivity index (χ1n) is 11.1. The molecule has 0 saturated carbocycles. The van der Waals surface area contributed by atoms with Gasteiger partial charge >= 0.3 is 0 Å². The fraction of sp³-hybridized carbons (Fsp3) is 0.400. The van der Waals surface area contributed by atoms with Crippen molar-refractivity contribution >= 4 is 20.6 Å². The highest BCUT2D eigenvalue weighted by atomic mass is 32.3. The van der Waals surface area contributed by atoms with Crippen molar-refractivity contribution in [1.29, 1.82) is 5.26 Å². The van der Waals surface area contributed by atoms with Crippen LogP contribution in [0.25, 0.3) is 21.1 Å². The second-order valence-corrected chi connectivity index (χ2v) is 15.3. The zero-order valence-corrected chi connectivity index (χ0v) is 21.3. The van der Waals surface area contributed by atoms with Crippen LogP contribution in [-0.2, 0) is 15.7 Å². The maximum atomic E-state index is 13.2. The van der Waals surface area contributed by atoms with Crippen LogP contribution >= 0.6 is 11.3 Å². The fourth-order valence-corrected chi connectivity index (χ4v) is 6.25. The second kappa shape index (κ2) is 8.64. The van der Waals surface area contributed by atoms with Crippen LogP contribution in [0.3, 0.4) is 0 Å². The second-order valence-electron chi connectivity index (χ2n) is 9.35. The minimum absolute atomic E-state index is 0.00366. The number of fused-ring (bicyclic) bond motifs is 1. The van der Waals surface area contributed by atoms with E-state index in [-0.39, 0.29) is 12.1 Å². The summed E-state index contributed by atoms with van der Waals surface area (Å²) in [6.45, 7) is 5.84. The molecule has 4 rings (SSSR count). The van der Waals surface area contributed by atoms with Gasteiger partial charge in [0.25, 0.3) is 0 Å². The largest absolute Gasteiger partial charge is 0.490 e. The molecule has 0 unspecified atom stereocenters. The predicted octanol–water partition coefficient (Wildman–Crippen LogP) is 5.12. The zero-order chi connectivity index (χ0) is 23.8. The number of nitriles is 1. The Labute approximate surface area is 199 Å². The standard InChI is InChI=1S/C25H30N4O2S2/c1-6-33(4,5,30)29-22-12-11-19-20(22)8-7-9-21(19)25-28-27-24(32-25)17-10-13-23(31-16(2)3)18(14-17)15-26/h7-10,13-14,16,22H,6,11-12H2,1-5H3,(H,29,30)/t22-/m0/s1. The Morgan fingerprint density at radius 2 is 2.00 bits per heavy atom. The Morgan fingerprint density at radius 3 is 2.70 bits per heavy atom. The first-order chi connectivity index (χ1) is 15.6. The number of hydrogen-bond donors (Lipinski definition) is 1. The zero-order valence-electron chi connectivity index (χ0n) is 19.7. The molecule has 0 amide bonds. The Morgan fingerprint density at radius 1 is 1.24 bits per heavy atom. The lowest BCUT2D eigenvalue weighted by Crippen LogP contribution is -2.48. The number of benzene rings is 2. The van der Waals surface area contributed by atoms with Gasteiger partial charge in [0.2, 0.25) is 0 Å². The van der Waals surface area contributed by atoms with Crippen LogP contribution in [0.2, 0.25) is 0 Å². The number of aromatic nitrogens is 2. The van der Waals surface area contributed by atoms with Crippen molar-refractivity contribution in [3.8, 4) is 33.0 Å². The van der Waals surface area contributed by atoms with Gasteiger partial charge in [-0.3, -0.25) is 8.93 Å². The van der Waals surface area contributed by atoms with Gasteiger partial charge in [0.05, 0.1) is 11.7 Å². The topological polar surface area (TPSA) is 87.9 Å². The molecule has 0 bridgehead atoms. The van der Waals surface area contributed by atoms with Crippen LogP contribution in [0, 0.1) is 11.3 Å². The molecular weight excluding hydrogens is 452 g/mol. The van der Waals surface area contributed by atoms with Crippen LogP contribution in [-0.4, -0.2) is 38.8 Å². The molecule has 0 spiro atoms. The Balaban J connectivity index is 1.65. The minimum atomic E-state index is -2.85. The summed E-state index contributed by atoms with van der Waals surface area (Å²) in [5.41, 5.74) is 4.85. The van der Waals surface area contributed by atoms with Gasteiger partial charge in [0.1, 0.15) is 21.8 Å². The summed E-state index contributed by atoms with van der Waals surface area (Å²) in [5.74, 6) is 1.18. The predicted molar refractivity (Wildman–Crippen MR) is 136 cm³/mol. The average molecular weight is 483 g/mol. The fourth-order valence-electron chi connectivity index (χ4n) is 4.06. The van der Waals surface area contributed by atoms with Crippen LogP contribution in [0.4, 0.5) is 0 Å². The summed E-state index contributed by atoms with van der Waals surface area (Å²) in [7, 11) is -2.85. The lowest BCUT2D eigenvalue weighted by Gasteiger charge is -2.37. The molecule has 1 heterocycles. The highest BCUT2D eigenvalue weighted by molar-refractivity contribution is 8.17. The van der Waals surface area contributed by atoms with E-state index in [2.05, 4.69) is 33.1 Å². The lowest BCUT2D eigenvalue weighted by atomic mass is 10.0. The van der Waals surface area contributed by atoms with Gasteiger partial charge in [-0.2, -0.15) is 5.26 Å². The summed E-state index contributed by atoms with van der Waals surface area (Å²) < 4.78 is 22.4. The molecule has 3 aromatic rings. The van der Waals surface area contributed by atoms with Crippen molar-refractivity contribution < 1.29 is 8.95 Å². The van der Waals surface area contributed by atoms with Crippen molar-refractivity contribution in [3.05, 3.63) is 53.1 Å². The SMILES string of the molecule is CCS(C)(C)(=O)N[C@H]1CCc2c(-c3nnc(-c4ccc(OC(C)C)c(C#N)c4)s3)cccc21. The van der Waals surface area contributed by atoms with E-state index in [0.29, 0.717) is 17.1 Å². The number of rotatable bonds is 7. The van der Waals surface area contributed by atoms with E-state index in [1.807, 2.05) is 57.5 Å². The van der Waals surface area contributed by atoms with Gasteiger partial charge in [-0.15, -0.1) is 10.2 Å². The summed E-state index contributed by atoms with van der Waals surface area (Å²) in [6.07, 6.45) is 5.49. The quantitative estimate of drug-likeness (QED) is 0.505. The van der Waals surface area contributed by atoms with Crippen LogP contribution in [0.5, 0.6) is 5.75 Å². The van der Waals surface area contributed by atoms with Gasteiger partial charge in [-0.1, -0.05) is 45.7 Å². The van der Waals surface area contributed by atoms with E-state index >= 15 is 0 Å². The molecule has 0 saturated heterocycles. The van der Waals surface area contributed by atoms with Crippen LogP contribution < -0.4 is 9.46 Å². The van der Waals surface area contributed by atoms with E-state index in [1.165, 1.54) is 22.5 Å². The molecule has 6 nitrogen and oxygen atoms in total. The number of ether oxygens (including phenoxy) is 1. The van der Waals surface area contributed by atoms with E-state index < -0.39 is 9.25 Å². The van der Waals surface area contributed by atoms with Gasteiger partial charge in [0.15, 0.2) is 0 Å². The normalized spacial score (nSPS) is 16.8. The number of nitrogens with zero attached hydrogens (tertiary/aromatic N) is 3. The average Bonchev–Trinajstić information content (AvgIpc) is 3.41. The van der Waals surface area contributed by atoms with Crippen LogP contribution in [0.1, 0.15) is 49.9 Å². The van der Waals surface area contributed by atoms with Crippen molar-refractivity contribution in [1.82, 2.24) is 14.9 Å². The molecule has 1 N–H and O–H groups in total. The summed E-state index contributed by atoms with van der Waals surface area (Å²) in [5, 5.41) is 20.0. The third-order valence-electron chi connectivity index (χ3n) is 5.98. The van der Waals surface area contributed by atoms with Gasteiger partial charge in [-0.25, -0.2) is 0 Å². The van der Waals surface area contributed by atoms with E-state index in [4.69, 9.17) is 4.74 Å². The van der Waals surface area contributed by atoms with Crippen molar-refractivity contribution in [2.75, 3.05) is 18.3 Å². The highest BCUT2D eigenvalue weighted by Gasteiger charge is 2.32. The smallest absolute Gasteiger partial charge is 0.148 e. The third-order valence-corrected chi connectivity index (χ3v) is 9.69. The molecule has 0 aliphatic heterocycles. The Hall–Kier alpha value is -2.60. The maximum absolute atomic E-state index is 13.2. The highest BCUT2D eigenvalue weighted by Crippen LogP contribution is 2.41. The first kappa shape index (κ1) is 23.6. The Bertz CT molecular complexity index is 1300. The van der Waals surface area contributed by atoms with Gasteiger partial charge < -0.3 is 4.74 Å². The van der Waals surface area contributed by atoms with E-state index in [0.717, 1.165) is 34.0 Å². The van der Waals surface area contributed by atoms with Crippen molar-refractivity contribution in [3.63, 3.8) is 0 Å². The molecule has 1 atom stereocenters. The van der Waals surface area contributed by atoms with Crippen molar-refractivity contribution in [2.24, 2.45) is 0 Å². The van der Waals surface area contributed by atoms with Crippen LogP contribution in [0.15, 0.2) is 36.4 Å². The molecule has 0 radical (unpaired) electrons. The summed E-state index contributed by atoms with van der Waals surface area (Å²) >= 11 is 1.51. The molecule has 1 aromatic heterocycles. The molecule has 174 valence electrons. The summed E-state index contributed by atoms with van der Waals surface area (Å²) in [6, 6.07) is 14.1. The Kier molecular flexibility index (Phi) is 6.16. The molecule has 1 aliphatic rings. The first-order valence-corrected chi connectivity index (χ1v) is 14.9. The van der Waals surface area contributed by atoms with E-state index in [9.17, 15) is 9.47 Å². The molecule has 1 aliphatic carbocycles. The monoisotopic (exact) mass is 482 g/mol. The molecular formula is C25H30N4O2S2. The molecule has 8 heteroatoms. The number of nitrogens with one attached hydrogen (secondary N) is 1. The molecule has 0 fully saturated rings.